The molecule has 0 aliphatic rings. The molecule has 0 aromatic carbocycles. The average molecular weight is 274 g/mol. The van der Waals surface area contributed by atoms with Crippen molar-refractivity contribution in [1.82, 2.24) is 19.7 Å². The lowest BCUT2D eigenvalue weighted by Gasteiger charge is -2.09. The lowest BCUT2D eigenvalue weighted by molar-refractivity contribution is 0.746. The summed E-state index contributed by atoms with van der Waals surface area (Å²) < 4.78 is 1.81. The minimum Gasteiger partial charge on any atom is -0.370 e. The third kappa shape index (κ3) is 3.26. The van der Waals surface area contributed by atoms with Gasteiger partial charge < -0.3 is 10.6 Å². The van der Waals surface area contributed by atoms with Gasteiger partial charge in [0.15, 0.2) is 0 Å². The molecule has 2 rings (SSSR count). The maximum atomic E-state index is 4.51. The van der Waals surface area contributed by atoms with E-state index in [1.165, 1.54) is 0 Å². The standard InChI is InChI=1S/C14H22N6/c1-5-10-11(9-20(4)19-10)16-14-8-13(15-7-3)17-12(6-2)18-14/h8-9H,5-7H2,1-4H3,(H2,15,16,17,18). The molecule has 0 aliphatic heterocycles. The minimum atomic E-state index is 0.801. The molecule has 2 heterocycles. The van der Waals surface area contributed by atoms with E-state index in [0.29, 0.717) is 0 Å². The van der Waals surface area contributed by atoms with Crippen molar-refractivity contribution in [3.05, 3.63) is 23.8 Å². The van der Waals surface area contributed by atoms with Crippen molar-refractivity contribution in [3.63, 3.8) is 0 Å². The molecule has 20 heavy (non-hydrogen) atoms. The fourth-order valence-corrected chi connectivity index (χ4v) is 2.03. The Hall–Kier alpha value is -2.11. The number of nitrogens with one attached hydrogen (secondary N) is 2. The van der Waals surface area contributed by atoms with Crippen molar-refractivity contribution in [2.75, 3.05) is 17.2 Å². The summed E-state index contributed by atoms with van der Waals surface area (Å²) in [5, 5.41) is 11.0. The van der Waals surface area contributed by atoms with E-state index in [9.17, 15) is 0 Å². The molecule has 2 aromatic heterocycles. The van der Waals surface area contributed by atoms with Crippen LogP contribution in [0.4, 0.5) is 17.3 Å². The van der Waals surface area contributed by atoms with Gasteiger partial charge in [-0.2, -0.15) is 5.10 Å². The first-order chi connectivity index (χ1) is 9.66. The summed E-state index contributed by atoms with van der Waals surface area (Å²) in [5.74, 6) is 2.48. The first-order valence-electron chi connectivity index (χ1n) is 7.07. The van der Waals surface area contributed by atoms with Gasteiger partial charge in [0.25, 0.3) is 0 Å². The third-order valence-electron chi connectivity index (χ3n) is 2.95. The number of aryl methyl sites for hydroxylation is 3. The van der Waals surface area contributed by atoms with Crippen molar-refractivity contribution in [2.45, 2.75) is 33.6 Å². The first-order valence-corrected chi connectivity index (χ1v) is 7.07. The van der Waals surface area contributed by atoms with Crippen LogP contribution in [0.1, 0.15) is 32.3 Å². The first kappa shape index (κ1) is 14.3. The zero-order valence-corrected chi connectivity index (χ0v) is 12.6. The van der Waals surface area contributed by atoms with Crippen LogP contribution in [0.25, 0.3) is 0 Å². The van der Waals surface area contributed by atoms with Crippen molar-refractivity contribution < 1.29 is 0 Å². The Bertz CT molecular complexity index is 575. The number of anilines is 3. The summed E-state index contributed by atoms with van der Waals surface area (Å²) in [6.45, 7) is 7.04. The molecule has 0 fully saturated rings. The monoisotopic (exact) mass is 274 g/mol. The summed E-state index contributed by atoms with van der Waals surface area (Å²) in [4.78, 5) is 8.96. The molecule has 0 radical (unpaired) electrons. The molecule has 0 spiro atoms. The molecule has 6 heteroatoms. The maximum absolute atomic E-state index is 4.51. The highest BCUT2D eigenvalue weighted by molar-refractivity contribution is 5.60. The Kier molecular flexibility index (Phi) is 4.55. The SMILES string of the molecule is CCNc1cc(Nc2cn(C)nc2CC)nc(CC)n1. The van der Waals surface area contributed by atoms with E-state index in [1.807, 2.05) is 24.0 Å². The molecular formula is C14H22N6. The summed E-state index contributed by atoms with van der Waals surface area (Å²) in [7, 11) is 1.92. The van der Waals surface area contributed by atoms with Gasteiger partial charge in [0.05, 0.1) is 11.4 Å². The zero-order valence-electron chi connectivity index (χ0n) is 12.6. The van der Waals surface area contributed by atoms with Gasteiger partial charge in [-0.15, -0.1) is 0 Å². The fraction of sp³-hybridized carbons (Fsp3) is 0.500. The Balaban J connectivity index is 2.29. The van der Waals surface area contributed by atoms with Crippen molar-refractivity contribution in [2.24, 2.45) is 7.05 Å². The smallest absolute Gasteiger partial charge is 0.136 e. The second-order valence-electron chi connectivity index (χ2n) is 4.58. The maximum Gasteiger partial charge on any atom is 0.136 e. The molecule has 2 N–H and O–H groups in total. The van der Waals surface area contributed by atoms with Crippen molar-refractivity contribution >= 4 is 17.3 Å². The van der Waals surface area contributed by atoms with Gasteiger partial charge in [0.1, 0.15) is 17.5 Å². The highest BCUT2D eigenvalue weighted by Crippen LogP contribution is 2.20. The van der Waals surface area contributed by atoms with Crippen LogP contribution < -0.4 is 10.6 Å². The topological polar surface area (TPSA) is 67.7 Å². The van der Waals surface area contributed by atoms with Gasteiger partial charge in [-0.1, -0.05) is 13.8 Å². The number of aromatic nitrogens is 4. The second-order valence-corrected chi connectivity index (χ2v) is 4.58. The molecular weight excluding hydrogens is 252 g/mol. The van der Waals surface area contributed by atoms with Crippen LogP contribution in [0.3, 0.4) is 0 Å². The predicted molar refractivity (Wildman–Crippen MR) is 81.4 cm³/mol. The summed E-state index contributed by atoms with van der Waals surface area (Å²) in [6.07, 6.45) is 3.66. The van der Waals surface area contributed by atoms with Gasteiger partial charge >= 0.3 is 0 Å². The minimum absolute atomic E-state index is 0.801. The van der Waals surface area contributed by atoms with Crippen LogP contribution in [0, 0.1) is 0 Å². The Morgan fingerprint density at radius 1 is 1.10 bits per heavy atom. The molecule has 108 valence electrons. The van der Waals surface area contributed by atoms with E-state index in [0.717, 1.165) is 48.2 Å². The molecule has 0 saturated carbocycles. The van der Waals surface area contributed by atoms with Gasteiger partial charge in [-0.3, -0.25) is 4.68 Å². The quantitative estimate of drug-likeness (QED) is 0.847. The van der Waals surface area contributed by atoms with Crippen LogP contribution in [0.5, 0.6) is 0 Å². The lowest BCUT2D eigenvalue weighted by atomic mass is 10.3. The van der Waals surface area contributed by atoms with E-state index < -0.39 is 0 Å². The van der Waals surface area contributed by atoms with E-state index in [2.05, 4.69) is 46.5 Å². The lowest BCUT2D eigenvalue weighted by Crippen LogP contribution is -2.06. The molecule has 6 nitrogen and oxygen atoms in total. The zero-order chi connectivity index (χ0) is 14.5. The third-order valence-corrected chi connectivity index (χ3v) is 2.95. The van der Waals surface area contributed by atoms with Crippen molar-refractivity contribution in [1.29, 1.82) is 0 Å². The van der Waals surface area contributed by atoms with Gasteiger partial charge in [0, 0.05) is 32.3 Å². The number of rotatable bonds is 6. The van der Waals surface area contributed by atoms with E-state index >= 15 is 0 Å². The molecule has 2 aromatic rings. The molecule has 0 saturated heterocycles. The molecule has 0 bridgehead atoms. The summed E-state index contributed by atoms with van der Waals surface area (Å²) in [6, 6.07) is 1.93. The fourth-order valence-electron chi connectivity index (χ4n) is 2.03. The number of hydrogen-bond donors (Lipinski definition) is 2. The highest BCUT2D eigenvalue weighted by atomic mass is 15.3. The van der Waals surface area contributed by atoms with Crippen LogP contribution in [-0.2, 0) is 19.9 Å². The molecule has 0 atom stereocenters. The average Bonchev–Trinajstić information content (AvgIpc) is 2.78. The largest absolute Gasteiger partial charge is 0.370 e. The highest BCUT2D eigenvalue weighted by Gasteiger charge is 2.08. The van der Waals surface area contributed by atoms with E-state index in [-0.39, 0.29) is 0 Å². The predicted octanol–water partition coefficient (Wildman–Crippen LogP) is 2.51. The van der Waals surface area contributed by atoms with Crippen LogP contribution >= 0.6 is 0 Å². The molecule has 0 unspecified atom stereocenters. The summed E-state index contributed by atoms with van der Waals surface area (Å²) >= 11 is 0. The second kappa shape index (κ2) is 6.36. The number of nitrogens with zero attached hydrogens (tertiary/aromatic N) is 4. The van der Waals surface area contributed by atoms with E-state index in [4.69, 9.17) is 0 Å². The van der Waals surface area contributed by atoms with Crippen molar-refractivity contribution in [3.8, 4) is 0 Å². The van der Waals surface area contributed by atoms with Crippen LogP contribution in [0.2, 0.25) is 0 Å². The Morgan fingerprint density at radius 3 is 2.50 bits per heavy atom. The van der Waals surface area contributed by atoms with Gasteiger partial charge in [-0.25, -0.2) is 9.97 Å². The molecule has 0 aliphatic carbocycles. The summed E-state index contributed by atoms with van der Waals surface area (Å²) in [5.41, 5.74) is 2.03. The van der Waals surface area contributed by atoms with Gasteiger partial charge in [-0.05, 0) is 13.3 Å². The normalized spacial score (nSPS) is 10.6. The number of hydrogen-bond acceptors (Lipinski definition) is 5. The van der Waals surface area contributed by atoms with Crippen LogP contribution in [-0.4, -0.2) is 26.3 Å². The Labute approximate surface area is 119 Å². The van der Waals surface area contributed by atoms with Crippen LogP contribution in [0.15, 0.2) is 12.3 Å². The van der Waals surface area contributed by atoms with E-state index in [1.54, 1.807) is 0 Å². The molecule has 0 amide bonds. The Morgan fingerprint density at radius 2 is 1.85 bits per heavy atom. The van der Waals surface area contributed by atoms with Gasteiger partial charge in [0.2, 0.25) is 0 Å².